The molecule has 19 heavy (non-hydrogen) atoms. The van der Waals surface area contributed by atoms with Gasteiger partial charge in [-0.2, -0.15) is 17.0 Å². The fourth-order valence-corrected chi connectivity index (χ4v) is 4.71. The Morgan fingerprint density at radius 3 is 2.37 bits per heavy atom. The number of nitrogens with zero attached hydrogens (tertiary/aromatic N) is 2. The third kappa shape index (κ3) is 3.67. The summed E-state index contributed by atoms with van der Waals surface area (Å²) < 4.78 is 28.0. The van der Waals surface area contributed by atoms with Crippen LogP contribution in [0.1, 0.15) is 38.5 Å². The maximum atomic E-state index is 12.4. The van der Waals surface area contributed by atoms with Crippen LogP contribution < -0.4 is 5.73 Å². The molecule has 1 amide bonds. The van der Waals surface area contributed by atoms with Gasteiger partial charge in [-0.25, -0.2) is 0 Å². The number of primary amides is 1. The summed E-state index contributed by atoms with van der Waals surface area (Å²) in [7, 11) is -3.28. The van der Waals surface area contributed by atoms with Gasteiger partial charge in [0.25, 0.3) is 10.2 Å². The van der Waals surface area contributed by atoms with Gasteiger partial charge in [0.2, 0.25) is 5.91 Å². The fourth-order valence-electron chi connectivity index (χ4n) is 2.90. The SMILES string of the molecule is NC(=O)CCC1CCCN(S(=O)(=O)N2CCCC2)C1. The highest BCUT2D eigenvalue weighted by Crippen LogP contribution is 2.25. The third-order valence-corrected chi connectivity index (χ3v) is 6.00. The van der Waals surface area contributed by atoms with Gasteiger partial charge in [-0.1, -0.05) is 0 Å². The van der Waals surface area contributed by atoms with Gasteiger partial charge >= 0.3 is 0 Å². The van der Waals surface area contributed by atoms with E-state index in [1.54, 1.807) is 8.61 Å². The van der Waals surface area contributed by atoms with Crippen LogP contribution in [0.5, 0.6) is 0 Å². The van der Waals surface area contributed by atoms with Gasteiger partial charge in [-0.3, -0.25) is 4.79 Å². The Hall–Kier alpha value is -0.660. The molecule has 0 bridgehead atoms. The highest BCUT2D eigenvalue weighted by atomic mass is 32.2. The van der Waals surface area contributed by atoms with Crippen molar-refractivity contribution in [3.63, 3.8) is 0 Å². The summed E-state index contributed by atoms with van der Waals surface area (Å²) in [5, 5.41) is 0. The largest absolute Gasteiger partial charge is 0.370 e. The average molecular weight is 289 g/mol. The van der Waals surface area contributed by atoms with Gasteiger partial charge < -0.3 is 5.73 Å². The van der Waals surface area contributed by atoms with Gasteiger partial charge in [0, 0.05) is 32.6 Å². The van der Waals surface area contributed by atoms with Gasteiger partial charge in [-0.05, 0) is 38.0 Å². The van der Waals surface area contributed by atoms with E-state index < -0.39 is 10.2 Å². The predicted octanol–water partition coefficient (Wildman–Crippen LogP) is 0.305. The normalized spacial score (nSPS) is 26.6. The van der Waals surface area contributed by atoms with Crippen molar-refractivity contribution in [1.29, 1.82) is 0 Å². The van der Waals surface area contributed by atoms with E-state index >= 15 is 0 Å². The van der Waals surface area contributed by atoms with E-state index in [-0.39, 0.29) is 11.8 Å². The summed E-state index contributed by atoms with van der Waals surface area (Å²) in [6.07, 6.45) is 4.82. The molecule has 0 aromatic rings. The van der Waals surface area contributed by atoms with Crippen molar-refractivity contribution in [1.82, 2.24) is 8.61 Å². The van der Waals surface area contributed by atoms with E-state index in [0.29, 0.717) is 39.0 Å². The molecule has 0 radical (unpaired) electrons. The van der Waals surface area contributed by atoms with Crippen molar-refractivity contribution in [2.75, 3.05) is 26.2 Å². The van der Waals surface area contributed by atoms with Gasteiger partial charge in [-0.15, -0.1) is 0 Å². The molecular weight excluding hydrogens is 266 g/mol. The summed E-state index contributed by atoms with van der Waals surface area (Å²) in [5.74, 6) is -0.0434. The number of piperidine rings is 1. The molecule has 7 heteroatoms. The molecule has 6 nitrogen and oxygen atoms in total. The lowest BCUT2D eigenvalue weighted by Gasteiger charge is -2.34. The number of rotatable bonds is 5. The zero-order chi connectivity index (χ0) is 13.9. The van der Waals surface area contributed by atoms with E-state index in [4.69, 9.17) is 5.73 Å². The number of carbonyl (C=O) groups excluding carboxylic acids is 1. The van der Waals surface area contributed by atoms with E-state index in [9.17, 15) is 13.2 Å². The minimum atomic E-state index is -3.28. The lowest BCUT2D eigenvalue weighted by molar-refractivity contribution is -0.118. The Balaban J connectivity index is 1.94. The van der Waals surface area contributed by atoms with Gasteiger partial charge in [0.15, 0.2) is 0 Å². The number of nitrogens with two attached hydrogens (primary N) is 1. The second-order valence-corrected chi connectivity index (χ2v) is 7.41. The van der Waals surface area contributed by atoms with Crippen LogP contribution in [0.3, 0.4) is 0 Å². The molecule has 1 atom stereocenters. The summed E-state index contributed by atoms with van der Waals surface area (Å²) in [6.45, 7) is 2.42. The Bertz CT molecular complexity index is 418. The minimum Gasteiger partial charge on any atom is -0.370 e. The maximum Gasteiger partial charge on any atom is 0.281 e. The summed E-state index contributed by atoms with van der Waals surface area (Å²) in [6, 6.07) is 0. The van der Waals surface area contributed by atoms with Crippen molar-refractivity contribution in [3.05, 3.63) is 0 Å². The zero-order valence-corrected chi connectivity index (χ0v) is 12.1. The standard InChI is InChI=1S/C12H23N3O3S/c13-12(16)6-5-11-4-3-9-15(10-11)19(17,18)14-7-1-2-8-14/h11H,1-10H2,(H2,13,16). The molecule has 110 valence electrons. The number of hydrogen-bond acceptors (Lipinski definition) is 3. The fraction of sp³-hybridized carbons (Fsp3) is 0.917. The maximum absolute atomic E-state index is 12.4. The number of amides is 1. The second kappa shape index (κ2) is 6.19. The third-order valence-electron chi connectivity index (χ3n) is 4.00. The Morgan fingerprint density at radius 2 is 1.74 bits per heavy atom. The molecule has 0 spiro atoms. The van der Waals surface area contributed by atoms with Gasteiger partial charge in [0.05, 0.1) is 0 Å². The van der Waals surface area contributed by atoms with Crippen LogP contribution in [0.25, 0.3) is 0 Å². The minimum absolute atomic E-state index is 0.263. The first-order chi connectivity index (χ1) is 9.00. The molecule has 0 aromatic carbocycles. The summed E-state index contributed by atoms with van der Waals surface area (Å²) in [4.78, 5) is 10.8. The summed E-state index contributed by atoms with van der Waals surface area (Å²) in [5.41, 5.74) is 5.15. The molecule has 2 fully saturated rings. The molecule has 2 N–H and O–H groups in total. The number of carbonyl (C=O) groups is 1. The Kier molecular flexibility index (Phi) is 4.81. The molecule has 2 heterocycles. The lowest BCUT2D eigenvalue weighted by Crippen LogP contribution is -2.47. The van der Waals surface area contributed by atoms with E-state index in [2.05, 4.69) is 0 Å². The first kappa shape index (κ1) is 14.7. The van der Waals surface area contributed by atoms with Crippen molar-refractivity contribution in [3.8, 4) is 0 Å². The molecule has 2 rings (SSSR count). The highest BCUT2D eigenvalue weighted by molar-refractivity contribution is 7.86. The van der Waals surface area contributed by atoms with Crippen LogP contribution in [-0.4, -0.2) is 49.1 Å². The first-order valence-corrected chi connectivity index (χ1v) is 8.43. The van der Waals surface area contributed by atoms with E-state index in [1.165, 1.54) is 0 Å². The van der Waals surface area contributed by atoms with Crippen LogP contribution in [0.2, 0.25) is 0 Å². The average Bonchev–Trinajstić information content (AvgIpc) is 2.91. The molecular formula is C12H23N3O3S. The van der Waals surface area contributed by atoms with E-state index in [1.807, 2.05) is 0 Å². The van der Waals surface area contributed by atoms with Crippen LogP contribution in [0, 0.1) is 5.92 Å². The van der Waals surface area contributed by atoms with Crippen LogP contribution in [0.4, 0.5) is 0 Å². The Morgan fingerprint density at radius 1 is 1.11 bits per heavy atom. The monoisotopic (exact) mass is 289 g/mol. The van der Waals surface area contributed by atoms with Gasteiger partial charge in [0.1, 0.15) is 0 Å². The smallest absolute Gasteiger partial charge is 0.281 e. The zero-order valence-electron chi connectivity index (χ0n) is 11.3. The second-order valence-electron chi connectivity index (χ2n) is 5.49. The molecule has 1 unspecified atom stereocenters. The van der Waals surface area contributed by atoms with Crippen LogP contribution in [-0.2, 0) is 15.0 Å². The highest BCUT2D eigenvalue weighted by Gasteiger charge is 2.34. The van der Waals surface area contributed by atoms with Crippen LogP contribution in [0.15, 0.2) is 0 Å². The molecule has 0 aromatic heterocycles. The Labute approximate surface area is 115 Å². The molecule has 2 aliphatic rings. The molecule has 0 aliphatic carbocycles. The first-order valence-electron chi connectivity index (χ1n) is 7.03. The molecule has 2 aliphatic heterocycles. The molecule has 0 saturated carbocycles. The van der Waals surface area contributed by atoms with Crippen molar-refractivity contribution < 1.29 is 13.2 Å². The quantitative estimate of drug-likeness (QED) is 0.790. The topological polar surface area (TPSA) is 83.7 Å². The predicted molar refractivity (Wildman–Crippen MR) is 72.5 cm³/mol. The van der Waals surface area contributed by atoms with Crippen molar-refractivity contribution in [2.45, 2.75) is 38.5 Å². The van der Waals surface area contributed by atoms with E-state index in [0.717, 1.165) is 25.7 Å². The summed E-state index contributed by atoms with van der Waals surface area (Å²) >= 11 is 0. The molecule has 2 saturated heterocycles. The van der Waals surface area contributed by atoms with Crippen LogP contribution >= 0.6 is 0 Å². The lowest BCUT2D eigenvalue weighted by atomic mass is 9.94. The number of hydrogen-bond donors (Lipinski definition) is 1. The van der Waals surface area contributed by atoms with Crippen molar-refractivity contribution in [2.24, 2.45) is 11.7 Å². The van der Waals surface area contributed by atoms with Crippen molar-refractivity contribution >= 4 is 16.1 Å².